The first-order valence-corrected chi connectivity index (χ1v) is 12.6. The minimum absolute atomic E-state index is 0.0303. The van der Waals surface area contributed by atoms with Gasteiger partial charge in [-0.15, -0.1) is 11.3 Å². The Labute approximate surface area is 199 Å². The van der Waals surface area contributed by atoms with E-state index in [-0.39, 0.29) is 11.3 Å². The smallest absolute Gasteiger partial charge is 0.230 e. The Morgan fingerprint density at radius 2 is 2.03 bits per heavy atom. The predicted octanol–water partition coefficient (Wildman–Crippen LogP) is 5.57. The van der Waals surface area contributed by atoms with Crippen molar-refractivity contribution in [3.8, 4) is 0 Å². The van der Waals surface area contributed by atoms with Gasteiger partial charge in [0.1, 0.15) is 16.2 Å². The van der Waals surface area contributed by atoms with E-state index >= 15 is 0 Å². The summed E-state index contributed by atoms with van der Waals surface area (Å²) in [5.41, 5.74) is 1.93. The molecular weight excluding hydrogens is 473 g/mol. The van der Waals surface area contributed by atoms with Crippen LogP contribution in [0.4, 0.5) is 0 Å². The van der Waals surface area contributed by atoms with E-state index < -0.39 is 0 Å². The van der Waals surface area contributed by atoms with Gasteiger partial charge in [0.05, 0.1) is 5.75 Å². The topological polar surface area (TPSA) is 64.1 Å². The molecule has 4 rings (SSSR count). The van der Waals surface area contributed by atoms with E-state index in [0.29, 0.717) is 35.6 Å². The molecule has 0 atom stereocenters. The van der Waals surface area contributed by atoms with Crippen LogP contribution >= 0.6 is 46.3 Å². The fraction of sp³-hybridized carbons (Fsp3) is 0.409. The Bertz CT molecular complexity index is 1110. The lowest BCUT2D eigenvalue weighted by Crippen LogP contribution is -2.45. The number of thioether (sulfide) groups is 1. The summed E-state index contributed by atoms with van der Waals surface area (Å²) in [6, 6.07) is 5.58. The molecule has 0 aliphatic carbocycles. The van der Waals surface area contributed by atoms with Gasteiger partial charge in [-0.2, -0.15) is 0 Å². The van der Waals surface area contributed by atoms with Crippen molar-refractivity contribution in [1.29, 1.82) is 0 Å². The molecule has 1 aliphatic rings. The number of halogens is 2. The molecule has 1 fully saturated rings. The number of hydrogen-bond acceptors (Lipinski definition) is 6. The molecule has 9 heteroatoms. The molecule has 1 amide bonds. The predicted molar refractivity (Wildman–Crippen MR) is 129 cm³/mol. The van der Waals surface area contributed by atoms with Crippen LogP contribution < -0.4 is 5.32 Å². The summed E-state index contributed by atoms with van der Waals surface area (Å²) in [5, 5.41) is 6.26. The van der Waals surface area contributed by atoms with Crippen LogP contribution in [-0.4, -0.2) is 41.4 Å². The van der Waals surface area contributed by atoms with E-state index in [1.54, 1.807) is 23.7 Å². The number of carbonyl (C=O) groups excluding carboxylic acids is 1. The number of nitrogens with zero attached hydrogens (tertiary/aromatic N) is 2. The van der Waals surface area contributed by atoms with Crippen LogP contribution in [0.5, 0.6) is 0 Å². The summed E-state index contributed by atoms with van der Waals surface area (Å²) in [7, 11) is 0. The number of ether oxygens (including phenoxy) is 1. The number of amides is 1. The van der Waals surface area contributed by atoms with Crippen LogP contribution in [0.15, 0.2) is 29.6 Å². The Morgan fingerprint density at radius 1 is 1.26 bits per heavy atom. The van der Waals surface area contributed by atoms with Gasteiger partial charge in [-0.1, -0.05) is 41.0 Å². The van der Waals surface area contributed by atoms with Gasteiger partial charge in [-0.05, 0) is 49.9 Å². The van der Waals surface area contributed by atoms with E-state index in [2.05, 4.69) is 29.1 Å². The summed E-state index contributed by atoms with van der Waals surface area (Å²) in [4.78, 5) is 23.7. The summed E-state index contributed by atoms with van der Waals surface area (Å²) in [6.45, 7) is 5.94. The molecule has 164 valence electrons. The molecule has 31 heavy (non-hydrogen) atoms. The number of fused-ring (bicyclic) bond motifs is 1. The first-order valence-electron chi connectivity index (χ1n) is 10.0. The summed E-state index contributed by atoms with van der Waals surface area (Å²) < 4.78 is 5.58. The van der Waals surface area contributed by atoms with Crippen molar-refractivity contribution in [1.82, 2.24) is 15.3 Å². The maximum Gasteiger partial charge on any atom is 0.230 e. The standard InChI is InChI=1S/C22H23Cl2N3O2S2/c1-13-14(2)31-21-19(13)20(26-12-27-21)30-10-18(28)25-11-22(5-7-29-8-6-22)16-4-3-15(23)9-17(16)24/h3-4,9,12H,5-8,10-11H2,1-2H3,(H,25,28). The number of carbonyl (C=O) groups is 1. The molecule has 1 saturated heterocycles. The van der Waals surface area contributed by atoms with Crippen molar-refractivity contribution in [2.24, 2.45) is 0 Å². The Balaban J connectivity index is 1.45. The van der Waals surface area contributed by atoms with Crippen LogP contribution in [-0.2, 0) is 14.9 Å². The lowest BCUT2D eigenvalue weighted by Gasteiger charge is -2.38. The zero-order valence-corrected chi connectivity index (χ0v) is 20.5. The minimum Gasteiger partial charge on any atom is -0.381 e. The Hall–Kier alpha value is -1.38. The highest BCUT2D eigenvalue weighted by Crippen LogP contribution is 2.39. The van der Waals surface area contributed by atoms with E-state index in [4.69, 9.17) is 27.9 Å². The lowest BCUT2D eigenvalue weighted by molar-refractivity contribution is -0.119. The van der Waals surface area contributed by atoms with Gasteiger partial charge in [0.25, 0.3) is 0 Å². The lowest BCUT2D eigenvalue weighted by atomic mass is 9.74. The molecule has 0 spiro atoms. The Kier molecular flexibility index (Phi) is 7.08. The average Bonchev–Trinajstić information content (AvgIpc) is 3.05. The van der Waals surface area contributed by atoms with Crippen molar-refractivity contribution in [2.75, 3.05) is 25.5 Å². The van der Waals surface area contributed by atoms with E-state index in [0.717, 1.165) is 33.6 Å². The third kappa shape index (κ3) is 4.86. The van der Waals surface area contributed by atoms with Crippen molar-refractivity contribution in [2.45, 2.75) is 37.1 Å². The number of nitrogens with one attached hydrogen (secondary N) is 1. The SMILES string of the molecule is Cc1sc2ncnc(SCC(=O)NCC3(c4ccc(Cl)cc4Cl)CCOCC3)c2c1C. The fourth-order valence-corrected chi connectivity index (χ4v) is 6.49. The molecule has 0 bridgehead atoms. The molecule has 0 saturated carbocycles. The van der Waals surface area contributed by atoms with Gasteiger partial charge in [0, 0.05) is 45.5 Å². The van der Waals surface area contributed by atoms with Crippen LogP contribution in [0, 0.1) is 13.8 Å². The van der Waals surface area contributed by atoms with Crippen molar-refractivity contribution in [3.63, 3.8) is 0 Å². The van der Waals surface area contributed by atoms with Crippen LogP contribution in [0.2, 0.25) is 10.0 Å². The van der Waals surface area contributed by atoms with Gasteiger partial charge < -0.3 is 10.1 Å². The second-order valence-electron chi connectivity index (χ2n) is 7.72. The zero-order chi connectivity index (χ0) is 22.0. The largest absolute Gasteiger partial charge is 0.381 e. The monoisotopic (exact) mass is 495 g/mol. The average molecular weight is 496 g/mol. The van der Waals surface area contributed by atoms with Crippen molar-refractivity contribution in [3.05, 3.63) is 50.6 Å². The van der Waals surface area contributed by atoms with Gasteiger partial charge >= 0.3 is 0 Å². The highest BCUT2D eigenvalue weighted by Gasteiger charge is 2.36. The summed E-state index contributed by atoms with van der Waals surface area (Å²) in [6.07, 6.45) is 3.15. The number of rotatable bonds is 6. The second kappa shape index (κ2) is 9.63. The highest BCUT2D eigenvalue weighted by molar-refractivity contribution is 8.00. The number of benzene rings is 1. The minimum atomic E-state index is -0.260. The third-order valence-electron chi connectivity index (χ3n) is 5.85. The van der Waals surface area contributed by atoms with Crippen molar-refractivity contribution >= 4 is 62.4 Å². The van der Waals surface area contributed by atoms with Crippen LogP contribution in [0.3, 0.4) is 0 Å². The molecule has 1 aliphatic heterocycles. The van der Waals surface area contributed by atoms with E-state index in [1.165, 1.54) is 22.2 Å². The first kappa shape index (κ1) is 22.8. The van der Waals surface area contributed by atoms with Crippen LogP contribution in [0.25, 0.3) is 10.2 Å². The first-order chi connectivity index (χ1) is 14.9. The van der Waals surface area contributed by atoms with E-state index in [9.17, 15) is 4.79 Å². The number of thiophene rings is 1. The van der Waals surface area contributed by atoms with Crippen molar-refractivity contribution < 1.29 is 9.53 Å². The Morgan fingerprint density at radius 3 is 2.77 bits per heavy atom. The maximum atomic E-state index is 12.7. The maximum absolute atomic E-state index is 12.7. The highest BCUT2D eigenvalue weighted by atomic mass is 35.5. The number of aromatic nitrogens is 2. The summed E-state index contributed by atoms with van der Waals surface area (Å²) >= 11 is 15.7. The third-order valence-corrected chi connectivity index (χ3v) is 8.50. The molecule has 0 unspecified atom stereocenters. The molecule has 5 nitrogen and oxygen atoms in total. The molecule has 0 radical (unpaired) electrons. The number of aryl methyl sites for hydroxylation is 2. The van der Waals surface area contributed by atoms with Gasteiger partial charge in [0.2, 0.25) is 5.91 Å². The molecule has 3 aromatic rings. The molecule has 3 heterocycles. The quantitative estimate of drug-likeness (QED) is 0.357. The molecule has 2 aromatic heterocycles. The molecule has 1 aromatic carbocycles. The zero-order valence-electron chi connectivity index (χ0n) is 17.3. The number of hydrogen-bond donors (Lipinski definition) is 1. The van der Waals surface area contributed by atoms with Gasteiger partial charge in [0.15, 0.2) is 0 Å². The summed E-state index contributed by atoms with van der Waals surface area (Å²) in [5.74, 6) is 0.263. The van der Waals surface area contributed by atoms with Gasteiger partial charge in [-0.25, -0.2) is 9.97 Å². The fourth-order valence-electron chi connectivity index (χ4n) is 3.94. The molecule has 1 N–H and O–H groups in total. The van der Waals surface area contributed by atoms with E-state index in [1.807, 2.05) is 12.1 Å². The normalized spacial score (nSPS) is 15.9. The van der Waals surface area contributed by atoms with Gasteiger partial charge in [-0.3, -0.25) is 4.79 Å². The van der Waals surface area contributed by atoms with Crippen LogP contribution in [0.1, 0.15) is 28.8 Å². The molecular formula is C22H23Cl2N3O2S2. The second-order valence-corrected chi connectivity index (χ2v) is 10.7.